The van der Waals surface area contributed by atoms with Crippen molar-refractivity contribution in [3.8, 4) is 0 Å². The summed E-state index contributed by atoms with van der Waals surface area (Å²) in [6.07, 6.45) is 4.05. The van der Waals surface area contributed by atoms with Gasteiger partial charge in [0.25, 0.3) is 0 Å². The number of fused-ring (bicyclic) bond motifs is 1. The van der Waals surface area contributed by atoms with E-state index >= 15 is 0 Å². The van der Waals surface area contributed by atoms with Crippen LogP contribution in [0.4, 0.5) is 0 Å². The minimum absolute atomic E-state index is 0.662. The molecule has 0 amide bonds. The molecule has 2 aromatic rings. The predicted molar refractivity (Wildman–Crippen MR) is 73.3 cm³/mol. The van der Waals surface area contributed by atoms with Gasteiger partial charge >= 0.3 is 0 Å². The number of aryl methyl sites for hydroxylation is 2. The number of aliphatic hydroxyl groups is 1. The molecule has 1 aromatic heterocycles. The van der Waals surface area contributed by atoms with E-state index in [0.29, 0.717) is 6.42 Å². The van der Waals surface area contributed by atoms with Crippen LogP contribution in [-0.4, -0.2) is 14.9 Å². The van der Waals surface area contributed by atoms with Crippen LogP contribution in [0.3, 0.4) is 0 Å². The van der Waals surface area contributed by atoms with Crippen molar-refractivity contribution in [1.82, 2.24) is 9.78 Å². The highest BCUT2D eigenvalue weighted by molar-refractivity contribution is 9.10. The Morgan fingerprint density at radius 2 is 2.17 bits per heavy atom. The van der Waals surface area contributed by atoms with Crippen LogP contribution < -0.4 is 0 Å². The molecule has 1 heterocycles. The van der Waals surface area contributed by atoms with Crippen molar-refractivity contribution in [2.45, 2.75) is 24.9 Å². The molecule has 0 aliphatic heterocycles. The second-order valence-electron chi connectivity index (χ2n) is 4.96. The first kappa shape index (κ1) is 11.9. The van der Waals surface area contributed by atoms with Crippen LogP contribution in [0.5, 0.6) is 0 Å². The Hall–Kier alpha value is -1.13. The van der Waals surface area contributed by atoms with Crippen LogP contribution in [0, 0.1) is 0 Å². The quantitative estimate of drug-likeness (QED) is 0.879. The zero-order chi connectivity index (χ0) is 12.8. The number of aromatic nitrogens is 2. The molecule has 1 aliphatic carbocycles. The van der Waals surface area contributed by atoms with Crippen LogP contribution in [0.25, 0.3) is 0 Å². The highest BCUT2D eigenvalue weighted by Gasteiger charge is 2.35. The molecule has 1 unspecified atom stereocenters. The van der Waals surface area contributed by atoms with Crippen molar-refractivity contribution in [3.63, 3.8) is 0 Å². The lowest BCUT2D eigenvalue weighted by Crippen LogP contribution is -2.35. The molecular formula is C14H15BrN2O. The third-order valence-corrected chi connectivity index (χ3v) is 4.25. The Morgan fingerprint density at radius 1 is 1.33 bits per heavy atom. The lowest BCUT2D eigenvalue weighted by molar-refractivity contribution is 0.0143. The van der Waals surface area contributed by atoms with Gasteiger partial charge in [-0.05, 0) is 42.2 Å². The lowest BCUT2D eigenvalue weighted by Gasteiger charge is -2.33. The minimum Gasteiger partial charge on any atom is -0.383 e. The molecule has 0 radical (unpaired) electrons. The summed E-state index contributed by atoms with van der Waals surface area (Å²) in [6.45, 7) is 0. The van der Waals surface area contributed by atoms with Crippen molar-refractivity contribution in [1.29, 1.82) is 0 Å². The molecule has 0 fully saturated rings. The van der Waals surface area contributed by atoms with Crippen molar-refractivity contribution >= 4 is 15.9 Å². The van der Waals surface area contributed by atoms with E-state index in [1.807, 2.05) is 19.2 Å². The third-order valence-electron chi connectivity index (χ3n) is 3.76. The van der Waals surface area contributed by atoms with Gasteiger partial charge in [-0.15, -0.1) is 0 Å². The van der Waals surface area contributed by atoms with Gasteiger partial charge in [0.15, 0.2) is 0 Å². The van der Waals surface area contributed by atoms with Crippen LogP contribution in [0.2, 0.25) is 0 Å². The molecule has 0 saturated carbocycles. The summed E-state index contributed by atoms with van der Waals surface area (Å²) in [6, 6.07) is 8.19. The molecule has 1 N–H and O–H groups in total. The van der Waals surface area contributed by atoms with E-state index in [9.17, 15) is 5.11 Å². The maximum Gasteiger partial charge on any atom is 0.110 e. The zero-order valence-electron chi connectivity index (χ0n) is 10.2. The zero-order valence-corrected chi connectivity index (χ0v) is 11.8. The predicted octanol–water partition coefficient (Wildman–Crippen LogP) is 2.56. The average Bonchev–Trinajstić information content (AvgIpc) is 2.77. The minimum atomic E-state index is -0.786. The first-order valence-corrected chi connectivity index (χ1v) is 6.86. The van der Waals surface area contributed by atoms with Gasteiger partial charge in [-0.1, -0.05) is 22.0 Å². The fourth-order valence-electron chi connectivity index (χ4n) is 2.79. The molecule has 0 saturated heterocycles. The summed E-state index contributed by atoms with van der Waals surface area (Å²) in [5, 5.41) is 15.0. The summed E-state index contributed by atoms with van der Waals surface area (Å²) in [5.41, 5.74) is 2.67. The summed E-state index contributed by atoms with van der Waals surface area (Å²) < 4.78 is 2.87. The lowest BCUT2D eigenvalue weighted by atomic mass is 9.78. The monoisotopic (exact) mass is 306 g/mol. The molecule has 94 valence electrons. The van der Waals surface area contributed by atoms with E-state index < -0.39 is 5.60 Å². The fraction of sp³-hybridized carbons (Fsp3) is 0.357. The van der Waals surface area contributed by atoms with E-state index in [2.05, 4.69) is 33.2 Å². The van der Waals surface area contributed by atoms with Gasteiger partial charge in [-0.3, -0.25) is 4.68 Å². The Balaban J connectivity index is 1.99. The summed E-state index contributed by atoms with van der Waals surface area (Å²) >= 11 is 3.49. The summed E-state index contributed by atoms with van der Waals surface area (Å²) in [5.74, 6) is 0. The summed E-state index contributed by atoms with van der Waals surface area (Å²) in [7, 11) is 1.88. The Kier molecular flexibility index (Phi) is 2.79. The number of benzene rings is 1. The number of rotatable bonds is 1. The topological polar surface area (TPSA) is 38.0 Å². The van der Waals surface area contributed by atoms with Gasteiger partial charge in [0.2, 0.25) is 0 Å². The summed E-state index contributed by atoms with van der Waals surface area (Å²) in [4.78, 5) is 0. The van der Waals surface area contributed by atoms with Crippen LogP contribution in [0.1, 0.15) is 23.2 Å². The first-order chi connectivity index (χ1) is 8.58. The van der Waals surface area contributed by atoms with Crippen molar-refractivity contribution in [2.75, 3.05) is 0 Å². The molecular weight excluding hydrogens is 292 g/mol. The standard InChI is InChI=1S/C14H15BrN2O/c1-17-13(5-7-16-17)14(18)6-4-10-8-12(15)3-2-11(10)9-14/h2-3,5,7-8,18H,4,6,9H2,1H3. The highest BCUT2D eigenvalue weighted by atomic mass is 79.9. The number of nitrogens with zero attached hydrogens (tertiary/aromatic N) is 2. The maximum absolute atomic E-state index is 10.9. The molecule has 0 bridgehead atoms. The van der Waals surface area contributed by atoms with Gasteiger partial charge in [0.05, 0.1) is 5.69 Å². The molecule has 1 aromatic carbocycles. The Bertz CT molecular complexity index is 593. The molecule has 1 aliphatic rings. The van der Waals surface area contributed by atoms with E-state index in [1.54, 1.807) is 10.9 Å². The normalized spacial score (nSPS) is 22.8. The van der Waals surface area contributed by atoms with E-state index in [0.717, 1.165) is 23.0 Å². The Morgan fingerprint density at radius 3 is 2.89 bits per heavy atom. The van der Waals surface area contributed by atoms with Crippen molar-refractivity contribution in [3.05, 3.63) is 51.8 Å². The highest BCUT2D eigenvalue weighted by Crippen LogP contribution is 2.36. The van der Waals surface area contributed by atoms with Crippen molar-refractivity contribution < 1.29 is 5.11 Å². The fourth-order valence-corrected chi connectivity index (χ4v) is 3.20. The second kappa shape index (κ2) is 4.21. The number of hydrogen-bond donors (Lipinski definition) is 1. The molecule has 3 nitrogen and oxygen atoms in total. The van der Waals surface area contributed by atoms with Crippen LogP contribution in [0.15, 0.2) is 34.9 Å². The van der Waals surface area contributed by atoms with Gasteiger partial charge < -0.3 is 5.11 Å². The van der Waals surface area contributed by atoms with Crippen molar-refractivity contribution in [2.24, 2.45) is 7.05 Å². The largest absolute Gasteiger partial charge is 0.383 e. The first-order valence-electron chi connectivity index (χ1n) is 6.07. The molecule has 4 heteroatoms. The SMILES string of the molecule is Cn1nccc1C1(O)CCc2cc(Br)ccc2C1. The maximum atomic E-state index is 10.9. The van der Waals surface area contributed by atoms with Crippen LogP contribution in [-0.2, 0) is 25.5 Å². The third kappa shape index (κ3) is 1.89. The number of halogens is 1. The van der Waals surface area contributed by atoms with E-state index in [-0.39, 0.29) is 0 Å². The Labute approximate surface area is 115 Å². The smallest absolute Gasteiger partial charge is 0.110 e. The molecule has 0 spiro atoms. The van der Waals surface area contributed by atoms with Gasteiger partial charge in [-0.2, -0.15) is 5.10 Å². The number of hydrogen-bond acceptors (Lipinski definition) is 2. The van der Waals surface area contributed by atoms with Gasteiger partial charge in [-0.25, -0.2) is 0 Å². The van der Waals surface area contributed by atoms with Gasteiger partial charge in [0, 0.05) is 24.1 Å². The van der Waals surface area contributed by atoms with E-state index in [1.165, 1.54) is 11.1 Å². The molecule has 3 rings (SSSR count). The van der Waals surface area contributed by atoms with Crippen LogP contribution >= 0.6 is 15.9 Å². The molecule has 1 atom stereocenters. The second-order valence-corrected chi connectivity index (χ2v) is 5.88. The van der Waals surface area contributed by atoms with E-state index in [4.69, 9.17) is 0 Å². The van der Waals surface area contributed by atoms with Gasteiger partial charge in [0.1, 0.15) is 5.60 Å². The average molecular weight is 307 g/mol. The molecule has 18 heavy (non-hydrogen) atoms.